The number of sulfonamides is 1. The lowest BCUT2D eigenvalue weighted by atomic mass is 9.89. The minimum Gasteiger partial charge on any atom is -0.494 e. The molecule has 1 amide bonds. The molecular weight excluding hydrogens is 452 g/mol. The van der Waals surface area contributed by atoms with Crippen LogP contribution in [-0.2, 0) is 14.8 Å². The van der Waals surface area contributed by atoms with Crippen LogP contribution in [0.5, 0.6) is 5.75 Å². The molecular formula is C23H27ClN2O5S. The number of rotatable bonds is 6. The monoisotopic (exact) mass is 478 g/mol. The number of amides is 1. The first-order valence-corrected chi connectivity index (χ1v) is 12.7. The van der Waals surface area contributed by atoms with Crippen LogP contribution in [-0.4, -0.2) is 51.1 Å². The quantitative estimate of drug-likeness (QED) is 0.668. The summed E-state index contributed by atoms with van der Waals surface area (Å²) in [5.74, 6) is 0.451. The van der Waals surface area contributed by atoms with Gasteiger partial charge in [-0.05, 0) is 62.2 Å². The van der Waals surface area contributed by atoms with Gasteiger partial charge in [-0.1, -0.05) is 24.4 Å². The lowest BCUT2D eigenvalue weighted by Crippen LogP contribution is -2.54. The van der Waals surface area contributed by atoms with Crippen LogP contribution in [0.2, 0.25) is 5.02 Å². The first-order chi connectivity index (χ1) is 15.4. The topological polar surface area (TPSA) is 84.9 Å². The molecule has 2 aromatic carbocycles. The predicted molar refractivity (Wildman–Crippen MR) is 123 cm³/mol. The fourth-order valence-electron chi connectivity index (χ4n) is 4.35. The second-order valence-corrected chi connectivity index (χ2v) is 10.0. The summed E-state index contributed by atoms with van der Waals surface area (Å²) >= 11 is 6.23. The molecule has 1 N–H and O–H groups in total. The zero-order valence-corrected chi connectivity index (χ0v) is 19.5. The minimum absolute atomic E-state index is 0.0303. The Balaban J connectivity index is 1.57. The van der Waals surface area contributed by atoms with E-state index in [1.165, 1.54) is 12.1 Å². The molecule has 9 heteroatoms. The third kappa shape index (κ3) is 4.87. The average molecular weight is 479 g/mol. The first kappa shape index (κ1) is 22.9. The Bertz CT molecular complexity index is 1070. The fourth-order valence-corrected chi connectivity index (χ4v) is 5.94. The number of hydrogen-bond acceptors (Lipinski definition) is 5. The summed E-state index contributed by atoms with van der Waals surface area (Å²) in [6, 6.07) is 11.0. The van der Waals surface area contributed by atoms with Gasteiger partial charge in [-0.15, -0.1) is 0 Å². The van der Waals surface area contributed by atoms with Crippen LogP contribution in [0.1, 0.15) is 43.0 Å². The molecule has 2 fully saturated rings. The zero-order valence-electron chi connectivity index (χ0n) is 17.9. The van der Waals surface area contributed by atoms with Crippen LogP contribution in [0.4, 0.5) is 5.69 Å². The van der Waals surface area contributed by atoms with Gasteiger partial charge in [-0.2, -0.15) is 0 Å². The summed E-state index contributed by atoms with van der Waals surface area (Å²) in [6.07, 6.45) is 4.05. The average Bonchev–Trinajstić information content (AvgIpc) is 2.80. The van der Waals surface area contributed by atoms with Gasteiger partial charge < -0.3 is 14.4 Å². The van der Waals surface area contributed by atoms with Crippen LogP contribution in [0.25, 0.3) is 0 Å². The number of nitrogens with zero attached hydrogens (tertiary/aromatic N) is 1. The smallest absolute Gasteiger partial charge is 0.263 e. The van der Waals surface area contributed by atoms with Crippen molar-refractivity contribution < 1.29 is 22.7 Å². The molecule has 1 aliphatic carbocycles. The van der Waals surface area contributed by atoms with Crippen LogP contribution in [0.3, 0.4) is 0 Å². The van der Waals surface area contributed by atoms with E-state index in [1.54, 1.807) is 30.3 Å². The van der Waals surface area contributed by atoms with Crippen LogP contribution < -0.4 is 9.46 Å². The number of benzene rings is 2. The summed E-state index contributed by atoms with van der Waals surface area (Å²) in [7, 11) is -4.00. The Morgan fingerprint density at radius 1 is 1.19 bits per heavy atom. The molecule has 2 aliphatic rings. The maximum Gasteiger partial charge on any atom is 0.263 e. The normalized spacial score (nSPS) is 21.0. The van der Waals surface area contributed by atoms with Crippen molar-refractivity contribution >= 4 is 33.2 Å². The van der Waals surface area contributed by atoms with Gasteiger partial charge in [0.1, 0.15) is 10.6 Å². The number of morpholine rings is 1. The number of fused-ring (bicyclic) bond motifs is 1. The van der Waals surface area contributed by atoms with E-state index in [-0.39, 0.29) is 28.0 Å². The van der Waals surface area contributed by atoms with E-state index in [0.717, 1.165) is 25.7 Å². The molecule has 2 atom stereocenters. The van der Waals surface area contributed by atoms with E-state index in [1.807, 2.05) is 11.8 Å². The maximum absolute atomic E-state index is 13.3. The van der Waals surface area contributed by atoms with Crippen molar-refractivity contribution in [3.05, 3.63) is 53.1 Å². The van der Waals surface area contributed by atoms with Crippen molar-refractivity contribution in [2.75, 3.05) is 24.5 Å². The van der Waals surface area contributed by atoms with Gasteiger partial charge in [0.05, 0.1) is 30.4 Å². The van der Waals surface area contributed by atoms with Gasteiger partial charge in [0, 0.05) is 17.8 Å². The van der Waals surface area contributed by atoms with Gasteiger partial charge in [-0.3, -0.25) is 9.52 Å². The van der Waals surface area contributed by atoms with Crippen molar-refractivity contribution in [2.24, 2.45) is 0 Å². The van der Waals surface area contributed by atoms with Crippen molar-refractivity contribution in [3.8, 4) is 5.75 Å². The lowest BCUT2D eigenvalue weighted by Gasteiger charge is -2.43. The highest BCUT2D eigenvalue weighted by Gasteiger charge is 2.37. The van der Waals surface area contributed by atoms with Crippen molar-refractivity contribution in [1.82, 2.24) is 4.90 Å². The highest BCUT2D eigenvalue weighted by molar-refractivity contribution is 7.92. The van der Waals surface area contributed by atoms with Gasteiger partial charge in [0.25, 0.3) is 15.9 Å². The summed E-state index contributed by atoms with van der Waals surface area (Å²) in [6.45, 7) is 3.38. The van der Waals surface area contributed by atoms with Crippen molar-refractivity contribution in [1.29, 1.82) is 0 Å². The summed E-state index contributed by atoms with van der Waals surface area (Å²) in [5.41, 5.74) is 0.673. The highest BCUT2D eigenvalue weighted by Crippen LogP contribution is 2.31. The van der Waals surface area contributed by atoms with Crippen molar-refractivity contribution in [3.63, 3.8) is 0 Å². The molecule has 32 heavy (non-hydrogen) atoms. The lowest BCUT2D eigenvalue weighted by molar-refractivity contribution is -0.0752. The molecule has 1 saturated carbocycles. The Hall–Kier alpha value is -2.29. The number of anilines is 1. The Morgan fingerprint density at radius 2 is 1.94 bits per heavy atom. The molecule has 1 saturated heterocycles. The van der Waals surface area contributed by atoms with Crippen LogP contribution in [0.15, 0.2) is 47.4 Å². The van der Waals surface area contributed by atoms with Gasteiger partial charge in [-0.25, -0.2) is 8.42 Å². The molecule has 0 radical (unpaired) electrons. The van der Waals surface area contributed by atoms with E-state index >= 15 is 0 Å². The summed E-state index contributed by atoms with van der Waals surface area (Å²) in [5, 5.41) is 0.0532. The third-order valence-electron chi connectivity index (χ3n) is 5.88. The fraction of sp³-hybridized carbons (Fsp3) is 0.435. The van der Waals surface area contributed by atoms with E-state index in [4.69, 9.17) is 21.1 Å². The second-order valence-electron chi connectivity index (χ2n) is 7.97. The Kier molecular flexibility index (Phi) is 6.93. The van der Waals surface area contributed by atoms with Crippen molar-refractivity contribution in [2.45, 2.75) is 49.6 Å². The summed E-state index contributed by atoms with van der Waals surface area (Å²) < 4.78 is 39.8. The Morgan fingerprint density at radius 3 is 2.69 bits per heavy atom. The molecule has 0 spiro atoms. The second kappa shape index (κ2) is 9.68. The number of halogens is 1. The molecule has 1 heterocycles. The molecule has 0 bridgehead atoms. The predicted octanol–water partition coefficient (Wildman–Crippen LogP) is 4.32. The van der Waals surface area contributed by atoms with E-state index in [9.17, 15) is 13.2 Å². The van der Waals surface area contributed by atoms with Crippen LogP contribution in [0, 0.1) is 0 Å². The number of ether oxygens (including phenoxy) is 2. The maximum atomic E-state index is 13.3. The van der Waals surface area contributed by atoms with E-state index in [2.05, 4.69) is 4.72 Å². The van der Waals surface area contributed by atoms with Gasteiger partial charge >= 0.3 is 0 Å². The largest absolute Gasteiger partial charge is 0.494 e. The molecule has 172 valence electrons. The first-order valence-electron chi connectivity index (χ1n) is 10.9. The molecule has 1 aliphatic heterocycles. The number of carbonyl (C=O) groups is 1. The van der Waals surface area contributed by atoms with Crippen LogP contribution >= 0.6 is 11.6 Å². The Labute approximate surface area is 193 Å². The highest BCUT2D eigenvalue weighted by atomic mass is 35.5. The number of hydrogen-bond donors (Lipinski definition) is 1. The number of carbonyl (C=O) groups excluding carboxylic acids is 1. The third-order valence-corrected chi connectivity index (χ3v) is 7.74. The molecule has 4 rings (SSSR count). The van der Waals surface area contributed by atoms with E-state index in [0.29, 0.717) is 36.8 Å². The van der Waals surface area contributed by atoms with Gasteiger partial charge in [0.15, 0.2) is 0 Å². The zero-order chi connectivity index (χ0) is 22.7. The number of nitrogens with one attached hydrogen (secondary N) is 1. The standard InChI is InChI=1S/C23H27ClN2O5S/c1-2-30-18-10-8-17(9-11-18)25-32(28,29)22-15-16(7-12-19(22)24)23(27)26-13-14-31-21-6-4-3-5-20(21)26/h7-12,15,20-21,25H,2-6,13-14H2,1H3. The van der Waals surface area contributed by atoms with Gasteiger partial charge in [0.2, 0.25) is 0 Å². The minimum atomic E-state index is -4.00. The molecule has 0 aromatic heterocycles. The molecule has 7 nitrogen and oxygen atoms in total. The molecule has 2 aromatic rings. The SMILES string of the molecule is CCOc1ccc(NS(=O)(=O)c2cc(C(=O)N3CCOC4CCCCC43)ccc2Cl)cc1. The molecule has 2 unspecified atom stereocenters. The van der Waals surface area contributed by atoms with E-state index < -0.39 is 10.0 Å². The summed E-state index contributed by atoms with van der Waals surface area (Å²) in [4.78, 5) is 15.0.